The maximum absolute atomic E-state index is 9.39. The fourth-order valence-corrected chi connectivity index (χ4v) is 3.48. The van der Waals surface area contributed by atoms with E-state index in [-0.39, 0.29) is 0 Å². The Kier molecular flexibility index (Phi) is 4.82. The van der Waals surface area contributed by atoms with Crippen molar-refractivity contribution >= 4 is 0 Å². The Morgan fingerprint density at radius 2 is 1.89 bits per heavy atom. The molecule has 1 unspecified atom stereocenters. The zero-order valence-corrected chi connectivity index (χ0v) is 11.8. The second kappa shape index (κ2) is 6.38. The monoisotopic (exact) mass is 246 g/mol. The summed E-state index contributed by atoms with van der Waals surface area (Å²) in [6.45, 7) is 4.69. The lowest BCUT2D eigenvalue weighted by Gasteiger charge is -2.31. The van der Waals surface area contributed by atoms with Crippen molar-refractivity contribution in [2.24, 2.45) is 5.92 Å². The molecule has 1 fully saturated rings. The maximum atomic E-state index is 9.39. The summed E-state index contributed by atoms with van der Waals surface area (Å²) in [5, 5.41) is 9.39. The number of aryl methyl sites for hydroxylation is 2. The highest BCUT2D eigenvalue weighted by molar-refractivity contribution is 5.33. The van der Waals surface area contributed by atoms with Crippen LogP contribution in [0.25, 0.3) is 0 Å². The van der Waals surface area contributed by atoms with Gasteiger partial charge in [-0.1, -0.05) is 43.0 Å². The molecular formula is C17H26O. The first kappa shape index (κ1) is 13.6. The summed E-state index contributed by atoms with van der Waals surface area (Å²) in [6.07, 6.45) is 7.76. The van der Waals surface area contributed by atoms with Gasteiger partial charge < -0.3 is 5.11 Å². The van der Waals surface area contributed by atoms with Gasteiger partial charge in [-0.2, -0.15) is 0 Å². The van der Waals surface area contributed by atoms with E-state index >= 15 is 0 Å². The van der Waals surface area contributed by atoms with E-state index in [2.05, 4.69) is 32.0 Å². The number of hydrogen-bond acceptors (Lipinski definition) is 1. The van der Waals surface area contributed by atoms with E-state index in [4.69, 9.17) is 0 Å². The molecule has 0 aliphatic heterocycles. The minimum Gasteiger partial charge on any atom is -0.396 e. The molecule has 1 atom stereocenters. The lowest BCUT2D eigenvalue weighted by atomic mass is 9.74. The Labute approximate surface area is 111 Å². The van der Waals surface area contributed by atoms with Crippen LogP contribution < -0.4 is 0 Å². The van der Waals surface area contributed by atoms with Crippen LogP contribution in [0.4, 0.5) is 0 Å². The van der Waals surface area contributed by atoms with Gasteiger partial charge in [0.2, 0.25) is 0 Å². The molecule has 1 aliphatic rings. The van der Waals surface area contributed by atoms with E-state index in [1.165, 1.54) is 48.8 Å². The van der Waals surface area contributed by atoms with Crippen molar-refractivity contribution in [2.45, 2.75) is 58.3 Å². The number of rotatable bonds is 4. The summed E-state index contributed by atoms with van der Waals surface area (Å²) in [4.78, 5) is 0. The van der Waals surface area contributed by atoms with Crippen molar-refractivity contribution in [1.29, 1.82) is 0 Å². The van der Waals surface area contributed by atoms with E-state index in [9.17, 15) is 5.11 Å². The topological polar surface area (TPSA) is 20.2 Å². The van der Waals surface area contributed by atoms with Gasteiger partial charge in [-0.25, -0.2) is 0 Å². The molecule has 0 bridgehead atoms. The average molecular weight is 246 g/mol. The molecular weight excluding hydrogens is 220 g/mol. The van der Waals surface area contributed by atoms with E-state index in [1.807, 2.05) is 0 Å². The quantitative estimate of drug-likeness (QED) is 0.837. The third-order valence-electron chi connectivity index (χ3n) is 4.49. The molecule has 0 aromatic heterocycles. The minimum absolute atomic E-state index is 0.314. The molecule has 0 spiro atoms. The number of hydrogen-bond donors (Lipinski definition) is 1. The van der Waals surface area contributed by atoms with Crippen LogP contribution in [0, 0.1) is 19.8 Å². The first-order chi connectivity index (χ1) is 8.72. The normalized spacial score (nSPS) is 18.8. The molecule has 0 radical (unpaired) electrons. The third-order valence-corrected chi connectivity index (χ3v) is 4.49. The van der Waals surface area contributed by atoms with Gasteiger partial charge in [0.25, 0.3) is 0 Å². The predicted molar refractivity (Wildman–Crippen MR) is 76.9 cm³/mol. The van der Waals surface area contributed by atoms with Gasteiger partial charge in [-0.15, -0.1) is 0 Å². The Morgan fingerprint density at radius 3 is 2.56 bits per heavy atom. The average Bonchev–Trinajstić information content (AvgIpc) is 2.40. The Balaban J connectivity index is 2.24. The first-order valence-corrected chi connectivity index (χ1v) is 7.40. The van der Waals surface area contributed by atoms with E-state index in [0.717, 1.165) is 12.3 Å². The Hall–Kier alpha value is -0.820. The largest absolute Gasteiger partial charge is 0.396 e. The van der Waals surface area contributed by atoms with Gasteiger partial charge >= 0.3 is 0 Å². The smallest absolute Gasteiger partial charge is 0.0436 e. The van der Waals surface area contributed by atoms with Gasteiger partial charge in [0.15, 0.2) is 0 Å². The molecule has 1 heteroatoms. The zero-order valence-electron chi connectivity index (χ0n) is 11.8. The minimum atomic E-state index is 0.314. The summed E-state index contributed by atoms with van der Waals surface area (Å²) in [5.41, 5.74) is 4.22. The molecule has 1 aliphatic carbocycles. The highest BCUT2D eigenvalue weighted by Gasteiger charge is 2.25. The van der Waals surface area contributed by atoms with Crippen LogP contribution in [0.3, 0.4) is 0 Å². The van der Waals surface area contributed by atoms with Crippen LogP contribution in [0.15, 0.2) is 18.2 Å². The van der Waals surface area contributed by atoms with Gasteiger partial charge in [0, 0.05) is 6.61 Å². The lowest BCUT2D eigenvalue weighted by Crippen LogP contribution is -2.18. The van der Waals surface area contributed by atoms with E-state index < -0.39 is 0 Å². The van der Waals surface area contributed by atoms with Crippen LogP contribution >= 0.6 is 0 Å². The Bertz CT molecular complexity index is 377. The van der Waals surface area contributed by atoms with Gasteiger partial charge in [-0.3, -0.25) is 0 Å². The molecule has 1 nitrogen and oxygen atoms in total. The van der Waals surface area contributed by atoms with Crippen molar-refractivity contribution in [2.75, 3.05) is 6.61 Å². The molecule has 0 heterocycles. The second-order valence-electron chi connectivity index (χ2n) is 5.88. The van der Waals surface area contributed by atoms with Crippen LogP contribution in [-0.2, 0) is 0 Å². The highest BCUT2D eigenvalue weighted by atomic mass is 16.3. The van der Waals surface area contributed by atoms with Crippen molar-refractivity contribution in [1.82, 2.24) is 0 Å². The molecule has 2 rings (SSSR count). The van der Waals surface area contributed by atoms with Crippen molar-refractivity contribution in [3.8, 4) is 0 Å². The lowest BCUT2D eigenvalue weighted by molar-refractivity contribution is 0.228. The van der Waals surface area contributed by atoms with Crippen molar-refractivity contribution in [3.63, 3.8) is 0 Å². The third kappa shape index (κ3) is 3.14. The number of aliphatic hydroxyl groups excluding tert-OH is 1. The fourth-order valence-electron chi connectivity index (χ4n) is 3.48. The standard InChI is InChI=1S/C17H26O/c1-13-8-9-14(2)17(12-13)16(10-11-18)15-6-4-3-5-7-15/h8-9,12,15-16,18H,3-7,10-11H2,1-2H3. The summed E-state index contributed by atoms with van der Waals surface area (Å²) in [7, 11) is 0. The van der Waals surface area contributed by atoms with Crippen LogP contribution in [0.1, 0.15) is 61.1 Å². The SMILES string of the molecule is Cc1ccc(C)c(C(CCO)C2CCCCC2)c1. The second-order valence-corrected chi connectivity index (χ2v) is 5.88. The van der Waals surface area contributed by atoms with E-state index in [1.54, 1.807) is 0 Å². The molecule has 18 heavy (non-hydrogen) atoms. The molecule has 0 amide bonds. The van der Waals surface area contributed by atoms with Gasteiger partial charge in [-0.05, 0) is 56.1 Å². The number of aliphatic hydroxyl groups is 1. The van der Waals surface area contributed by atoms with Crippen LogP contribution in [0.5, 0.6) is 0 Å². The van der Waals surface area contributed by atoms with Crippen LogP contribution in [0.2, 0.25) is 0 Å². The molecule has 1 aromatic rings. The predicted octanol–water partition coefficient (Wildman–Crippen LogP) is 4.35. The van der Waals surface area contributed by atoms with Crippen molar-refractivity contribution < 1.29 is 5.11 Å². The van der Waals surface area contributed by atoms with Crippen molar-refractivity contribution in [3.05, 3.63) is 34.9 Å². The highest BCUT2D eigenvalue weighted by Crippen LogP contribution is 2.39. The van der Waals surface area contributed by atoms with Gasteiger partial charge in [0.1, 0.15) is 0 Å². The molecule has 100 valence electrons. The Morgan fingerprint density at radius 1 is 1.17 bits per heavy atom. The first-order valence-electron chi connectivity index (χ1n) is 7.40. The molecule has 1 N–H and O–H groups in total. The van der Waals surface area contributed by atoms with E-state index in [0.29, 0.717) is 12.5 Å². The maximum Gasteiger partial charge on any atom is 0.0436 e. The zero-order chi connectivity index (χ0) is 13.0. The molecule has 1 saturated carbocycles. The molecule has 0 saturated heterocycles. The van der Waals surface area contributed by atoms with Crippen LogP contribution in [-0.4, -0.2) is 11.7 Å². The number of benzene rings is 1. The summed E-state index contributed by atoms with van der Waals surface area (Å²) in [5.74, 6) is 1.35. The molecule has 1 aromatic carbocycles. The fraction of sp³-hybridized carbons (Fsp3) is 0.647. The summed E-state index contributed by atoms with van der Waals surface area (Å²) in [6, 6.07) is 6.76. The summed E-state index contributed by atoms with van der Waals surface area (Å²) < 4.78 is 0. The summed E-state index contributed by atoms with van der Waals surface area (Å²) >= 11 is 0. The van der Waals surface area contributed by atoms with Gasteiger partial charge in [0.05, 0.1) is 0 Å².